The van der Waals surface area contributed by atoms with Crippen molar-refractivity contribution in [3.63, 3.8) is 0 Å². The van der Waals surface area contributed by atoms with Gasteiger partial charge in [0.15, 0.2) is 5.69 Å². The summed E-state index contributed by atoms with van der Waals surface area (Å²) in [7, 11) is 0. The van der Waals surface area contributed by atoms with E-state index in [-0.39, 0.29) is 30.7 Å². The van der Waals surface area contributed by atoms with E-state index in [2.05, 4.69) is 9.97 Å². The van der Waals surface area contributed by atoms with Crippen molar-refractivity contribution in [3.05, 3.63) is 36.1 Å². The molecule has 1 atom stereocenters. The first-order valence-corrected chi connectivity index (χ1v) is 5.71. The number of nitrogens with zero attached hydrogens (tertiary/aromatic N) is 2. The highest BCUT2D eigenvalue weighted by atomic mass is 19.4. The molecule has 1 heterocycles. The molecule has 4 nitrogen and oxygen atoms in total. The van der Waals surface area contributed by atoms with Crippen molar-refractivity contribution < 1.29 is 22.7 Å². The third kappa shape index (κ3) is 3.52. The lowest BCUT2D eigenvalue weighted by Crippen LogP contribution is -2.25. The number of rotatable bonds is 2. The molecule has 1 aromatic rings. The predicted octanol–water partition coefficient (Wildman–Crippen LogP) is 2.88. The number of alkyl halides is 3. The molecule has 1 unspecified atom stereocenters. The SMILES string of the molecule is O=C(OC1=CCC(C(F)(F)F)CC1)c1ccncn1. The molecule has 0 saturated heterocycles. The Labute approximate surface area is 107 Å². The van der Waals surface area contributed by atoms with E-state index >= 15 is 0 Å². The van der Waals surface area contributed by atoms with Crippen molar-refractivity contribution in [1.82, 2.24) is 9.97 Å². The second-order valence-corrected chi connectivity index (χ2v) is 4.17. The standard InChI is InChI=1S/C12H11F3N2O2/c13-12(14,15)8-1-3-9(4-2-8)19-11(18)10-5-6-16-7-17-10/h3,5-8H,1-2,4H2. The second-order valence-electron chi connectivity index (χ2n) is 4.17. The van der Waals surface area contributed by atoms with E-state index in [4.69, 9.17) is 4.74 Å². The molecule has 7 heteroatoms. The number of aromatic nitrogens is 2. The molecule has 0 aromatic carbocycles. The molecular weight excluding hydrogens is 261 g/mol. The summed E-state index contributed by atoms with van der Waals surface area (Å²) in [6.45, 7) is 0. The molecule has 0 spiro atoms. The molecule has 0 fully saturated rings. The van der Waals surface area contributed by atoms with Gasteiger partial charge < -0.3 is 4.74 Å². The van der Waals surface area contributed by atoms with E-state index in [9.17, 15) is 18.0 Å². The van der Waals surface area contributed by atoms with Gasteiger partial charge in [0.1, 0.15) is 12.1 Å². The fraction of sp³-hybridized carbons (Fsp3) is 0.417. The zero-order chi connectivity index (χ0) is 13.9. The first kappa shape index (κ1) is 13.5. The van der Waals surface area contributed by atoms with Crippen LogP contribution in [0.25, 0.3) is 0 Å². The van der Waals surface area contributed by atoms with Crippen LogP contribution < -0.4 is 0 Å². The third-order valence-electron chi connectivity index (χ3n) is 2.85. The lowest BCUT2D eigenvalue weighted by atomic mass is 9.93. The normalized spacial score (nSPS) is 19.7. The highest BCUT2D eigenvalue weighted by molar-refractivity contribution is 5.87. The lowest BCUT2D eigenvalue weighted by Gasteiger charge is -2.23. The quantitative estimate of drug-likeness (QED) is 0.777. The van der Waals surface area contributed by atoms with Gasteiger partial charge in [-0.05, 0) is 25.0 Å². The molecular formula is C12H11F3N2O2. The van der Waals surface area contributed by atoms with Gasteiger partial charge in [0.25, 0.3) is 0 Å². The molecule has 0 bridgehead atoms. The first-order valence-electron chi connectivity index (χ1n) is 5.71. The van der Waals surface area contributed by atoms with E-state index in [1.165, 1.54) is 24.7 Å². The van der Waals surface area contributed by atoms with Crippen molar-refractivity contribution in [1.29, 1.82) is 0 Å². The average molecular weight is 272 g/mol. The van der Waals surface area contributed by atoms with Gasteiger partial charge >= 0.3 is 12.1 Å². The molecule has 1 aromatic heterocycles. The van der Waals surface area contributed by atoms with E-state index < -0.39 is 18.1 Å². The number of esters is 1. The van der Waals surface area contributed by atoms with Crippen LogP contribution in [-0.4, -0.2) is 22.1 Å². The number of halogens is 3. The van der Waals surface area contributed by atoms with Crippen LogP contribution in [-0.2, 0) is 4.74 Å². The minimum atomic E-state index is -4.20. The maximum absolute atomic E-state index is 12.4. The maximum Gasteiger partial charge on any atom is 0.392 e. The Morgan fingerprint density at radius 2 is 2.21 bits per heavy atom. The van der Waals surface area contributed by atoms with Gasteiger partial charge in [0.05, 0.1) is 5.92 Å². The molecule has 1 aliphatic rings. The maximum atomic E-state index is 12.4. The summed E-state index contributed by atoms with van der Waals surface area (Å²) in [4.78, 5) is 19.0. The topological polar surface area (TPSA) is 52.1 Å². The van der Waals surface area contributed by atoms with Crippen LogP contribution in [0.5, 0.6) is 0 Å². The lowest BCUT2D eigenvalue weighted by molar-refractivity contribution is -0.176. The molecule has 102 valence electrons. The van der Waals surface area contributed by atoms with Gasteiger partial charge in [-0.15, -0.1) is 0 Å². The monoisotopic (exact) mass is 272 g/mol. The second kappa shape index (κ2) is 5.38. The number of hydrogen-bond acceptors (Lipinski definition) is 4. The van der Waals surface area contributed by atoms with Crippen LogP contribution in [0.3, 0.4) is 0 Å². The van der Waals surface area contributed by atoms with Crippen LogP contribution in [0.2, 0.25) is 0 Å². The van der Waals surface area contributed by atoms with Gasteiger partial charge in [-0.2, -0.15) is 13.2 Å². The number of hydrogen-bond donors (Lipinski definition) is 0. The van der Waals surface area contributed by atoms with Crippen LogP contribution in [0.4, 0.5) is 13.2 Å². The minimum Gasteiger partial charge on any atom is -0.427 e. The highest BCUT2D eigenvalue weighted by Crippen LogP contribution is 2.37. The molecule has 1 aliphatic carbocycles. The van der Waals surface area contributed by atoms with Crippen molar-refractivity contribution in [2.75, 3.05) is 0 Å². The zero-order valence-corrected chi connectivity index (χ0v) is 9.85. The summed E-state index contributed by atoms with van der Waals surface area (Å²) in [5.74, 6) is -1.77. The smallest absolute Gasteiger partial charge is 0.392 e. The molecule has 0 radical (unpaired) electrons. The fourth-order valence-corrected chi connectivity index (χ4v) is 1.78. The van der Waals surface area contributed by atoms with Gasteiger partial charge in [0.2, 0.25) is 0 Å². The average Bonchev–Trinajstić information content (AvgIpc) is 2.39. The van der Waals surface area contributed by atoms with E-state index in [1.54, 1.807) is 0 Å². The Bertz CT molecular complexity index is 485. The van der Waals surface area contributed by atoms with Crippen LogP contribution in [0.15, 0.2) is 30.4 Å². The zero-order valence-electron chi connectivity index (χ0n) is 9.85. The molecule has 0 amide bonds. The van der Waals surface area contributed by atoms with Gasteiger partial charge in [0, 0.05) is 12.6 Å². The van der Waals surface area contributed by atoms with Crippen molar-refractivity contribution in [3.8, 4) is 0 Å². The van der Waals surface area contributed by atoms with E-state index in [0.717, 1.165) is 0 Å². The van der Waals surface area contributed by atoms with Crippen molar-refractivity contribution >= 4 is 5.97 Å². The summed E-state index contributed by atoms with van der Waals surface area (Å²) in [5, 5.41) is 0. The Kier molecular flexibility index (Phi) is 3.82. The largest absolute Gasteiger partial charge is 0.427 e. The Balaban J connectivity index is 1.95. The summed E-state index contributed by atoms with van der Waals surface area (Å²) in [6.07, 6.45) is -0.410. The van der Waals surface area contributed by atoms with Crippen LogP contribution in [0, 0.1) is 5.92 Å². The van der Waals surface area contributed by atoms with Crippen LogP contribution in [0.1, 0.15) is 29.8 Å². The van der Waals surface area contributed by atoms with Gasteiger partial charge in [-0.25, -0.2) is 14.8 Å². The molecule has 0 N–H and O–H groups in total. The summed E-state index contributed by atoms with van der Waals surface area (Å²) in [6, 6.07) is 1.38. The Morgan fingerprint density at radius 1 is 1.42 bits per heavy atom. The van der Waals surface area contributed by atoms with Crippen LogP contribution >= 0.6 is 0 Å². The summed E-state index contributed by atoms with van der Waals surface area (Å²) >= 11 is 0. The Hall–Kier alpha value is -1.92. The number of ether oxygens (including phenoxy) is 1. The molecule has 2 rings (SSSR count). The van der Waals surface area contributed by atoms with Crippen molar-refractivity contribution in [2.45, 2.75) is 25.4 Å². The van der Waals surface area contributed by atoms with E-state index in [1.807, 2.05) is 0 Å². The minimum absolute atomic E-state index is 0.0631. The summed E-state index contributed by atoms with van der Waals surface area (Å²) < 4.78 is 42.3. The molecule has 0 aliphatic heterocycles. The number of carbonyl (C=O) groups excluding carboxylic acids is 1. The summed E-state index contributed by atoms with van der Waals surface area (Å²) in [5.41, 5.74) is 0.0776. The molecule has 0 saturated carbocycles. The third-order valence-corrected chi connectivity index (χ3v) is 2.85. The number of allylic oxidation sites excluding steroid dienone is 2. The predicted molar refractivity (Wildman–Crippen MR) is 58.9 cm³/mol. The van der Waals surface area contributed by atoms with Gasteiger partial charge in [-0.1, -0.05) is 0 Å². The van der Waals surface area contributed by atoms with E-state index in [0.29, 0.717) is 0 Å². The highest BCUT2D eigenvalue weighted by Gasteiger charge is 2.40. The van der Waals surface area contributed by atoms with Gasteiger partial charge in [-0.3, -0.25) is 0 Å². The Morgan fingerprint density at radius 3 is 2.74 bits per heavy atom. The number of carbonyl (C=O) groups is 1. The fourth-order valence-electron chi connectivity index (χ4n) is 1.78. The van der Waals surface area contributed by atoms with Crippen molar-refractivity contribution in [2.24, 2.45) is 5.92 Å². The first-order chi connectivity index (χ1) is 8.97. The molecule has 19 heavy (non-hydrogen) atoms.